The lowest BCUT2D eigenvalue weighted by atomic mass is 9.62. The molecule has 0 heterocycles. The molecule has 2 unspecified atom stereocenters. The molecule has 9 heteroatoms. The topological polar surface area (TPSA) is 112 Å². The normalized spacial score (nSPS) is 22.5. The van der Waals surface area contributed by atoms with Crippen molar-refractivity contribution in [3.05, 3.63) is 12.2 Å². The van der Waals surface area contributed by atoms with Crippen molar-refractivity contribution in [2.24, 2.45) is 10.8 Å². The second kappa shape index (κ2) is 11.8. The maximum Gasteiger partial charge on any atom is 0.407 e. The lowest BCUT2D eigenvalue weighted by Crippen LogP contribution is -2.50. The Morgan fingerprint density at radius 2 is 1.57 bits per heavy atom. The molecule has 0 aromatic rings. The molecule has 1 rings (SSSR count). The van der Waals surface area contributed by atoms with Crippen LogP contribution in [-0.4, -0.2) is 64.3 Å². The molecule has 0 radical (unpaired) electrons. The van der Waals surface area contributed by atoms with Crippen LogP contribution in [0.25, 0.3) is 0 Å². The zero-order chi connectivity index (χ0) is 22.8. The molecular formula is C21H36N2O7. The highest BCUT2D eigenvalue weighted by atomic mass is 16.6. The van der Waals surface area contributed by atoms with Gasteiger partial charge in [0.2, 0.25) is 0 Å². The Morgan fingerprint density at radius 3 is 2.20 bits per heavy atom. The Kier molecular flexibility index (Phi) is 10.1. The largest absolute Gasteiger partial charge is 0.459 e. The standard InChI is InChI=1S/C21H36N2O7/c1-15(2)17(24)28-9-10-30-19(26)23-16-11-20(3,4)13-21(5,12-16)14-22-18(25)29-8-7-27-6/h16H,1,7-14H2,2-6H3,(H,22,25)(H,23,26). The van der Waals surface area contributed by atoms with Crippen molar-refractivity contribution in [3.8, 4) is 0 Å². The van der Waals surface area contributed by atoms with Gasteiger partial charge in [-0.2, -0.15) is 0 Å². The summed E-state index contributed by atoms with van der Waals surface area (Å²) in [4.78, 5) is 35.3. The van der Waals surface area contributed by atoms with Crippen LogP contribution < -0.4 is 10.6 Å². The van der Waals surface area contributed by atoms with E-state index in [4.69, 9.17) is 18.9 Å². The smallest absolute Gasteiger partial charge is 0.407 e. The van der Waals surface area contributed by atoms with E-state index >= 15 is 0 Å². The van der Waals surface area contributed by atoms with Crippen molar-refractivity contribution >= 4 is 18.2 Å². The molecule has 0 saturated heterocycles. The zero-order valence-electron chi connectivity index (χ0n) is 18.8. The van der Waals surface area contributed by atoms with Crippen molar-refractivity contribution in [2.75, 3.05) is 40.1 Å². The van der Waals surface area contributed by atoms with Crippen molar-refractivity contribution in [2.45, 2.75) is 53.0 Å². The third kappa shape index (κ3) is 9.96. The molecule has 1 aliphatic carbocycles. The van der Waals surface area contributed by atoms with Crippen molar-refractivity contribution in [1.29, 1.82) is 0 Å². The molecule has 1 saturated carbocycles. The van der Waals surface area contributed by atoms with Gasteiger partial charge in [0.1, 0.15) is 19.8 Å². The van der Waals surface area contributed by atoms with Crippen LogP contribution in [0.15, 0.2) is 12.2 Å². The van der Waals surface area contributed by atoms with Gasteiger partial charge >= 0.3 is 18.2 Å². The predicted molar refractivity (Wildman–Crippen MR) is 111 cm³/mol. The summed E-state index contributed by atoms with van der Waals surface area (Å²) in [7, 11) is 1.54. The number of hydrogen-bond acceptors (Lipinski definition) is 7. The van der Waals surface area contributed by atoms with Gasteiger partial charge in [0.25, 0.3) is 0 Å². The Labute approximate surface area is 178 Å². The van der Waals surface area contributed by atoms with Gasteiger partial charge < -0.3 is 29.6 Å². The fourth-order valence-electron chi connectivity index (χ4n) is 4.03. The summed E-state index contributed by atoms with van der Waals surface area (Å²) in [5.74, 6) is -0.517. The van der Waals surface area contributed by atoms with E-state index in [0.29, 0.717) is 25.1 Å². The Balaban J connectivity index is 2.48. The summed E-state index contributed by atoms with van der Waals surface area (Å²) in [6, 6.07) is -0.101. The molecule has 0 aliphatic heterocycles. The van der Waals surface area contributed by atoms with Crippen molar-refractivity contribution < 1.29 is 33.3 Å². The number of carbonyl (C=O) groups is 3. The average molecular weight is 429 g/mol. The van der Waals surface area contributed by atoms with E-state index < -0.39 is 18.2 Å². The fraction of sp³-hybridized carbons (Fsp3) is 0.762. The highest BCUT2D eigenvalue weighted by molar-refractivity contribution is 5.86. The van der Waals surface area contributed by atoms with Gasteiger partial charge in [-0.1, -0.05) is 27.4 Å². The van der Waals surface area contributed by atoms with Gasteiger partial charge in [-0.15, -0.1) is 0 Å². The van der Waals surface area contributed by atoms with E-state index in [1.54, 1.807) is 14.0 Å². The number of methoxy groups -OCH3 is 1. The number of amides is 2. The molecule has 30 heavy (non-hydrogen) atoms. The van der Waals surface area contributed by atoms with Gasteiger partial charge in [-0.3, -0.25) is 0 Å². The monoisotopic (exact) mass is 428 g/mol. The van der Waals surface area contributed by atoms with Crippen molar-refractivity contribution in [3.63, 3.8) is 0 Å². The molecule has 2 atom stereocenters. The average Bonchev–Trinajstić information content (AvgIpc) is 2.62. The Morgan fingerprint density at radius 1 is 0.967 bits per heavy atom. The fourth-order valence-corrected chi connectivity index (χ4v) is 4.03. The molecule has 9 nitrogen and oxygen atoms in total. The van der Waals surface area contributed by atoms with Gasteiger partial charge in [-0.05, 0) is 37.0 Å². The van der Waals surface area contributed by atoms with E-state index in [0.717, 1.165) is 12.8 Å². The van der Waals surface area contributed by atoms with Crippen LogP contribution in [0.1, 0.15) is 47.0 Å². The summed E-state index contributed by atoms with van der Waals surface area (Å²) in [6.07, 6.45) is 1.33. The molecule has 0 spiro atoms. The Hall–Kier alpha value is -2.29. The first-order valence-electron chi connectivity index (χ1n) is 10.1. The van der Waals surface area contributed by atoms with Crippen LogP contribution >= 0.6 is 0 Å². The number of hydrogen-bond donors (Lipinski definition) is 2. The quantitative estimate of drug-likeness (QED) is 0.238. The van der Waals surface area contributed by atoms with Gasteiger partial charge in [0.15, 0.2) is 0 Å². The van der Waals surface area contributed by atoms with Crippen LogP contribution in [0.3, 0.4) is 0 Å². The summed E-state index contributed by atoms with van der Waals surface area (Å²) in [5.41, 5.74) is 0.0556. The second-order valence-electron chi connectivity index (χ2n) is 8.94. The van der Waals surface area contributed by atoms with E-state index in [1.165, 1.54) is 0 Å². The minimum Gasteiger partial charge on any atom is -0.459 e. The molecule has 2 N–H and O–H groups in total. The van der Waals surface area contributed by atoms with E-state index in [9.17, 15) is 14.4 Å². The summed E-state index contributed by atoms with van der Waals surface area (Å²) < 4.78 is 19.9. The second-order valence-corrected chi connectivity index (χ2v) is 8.94. The predicted octanol–water partition coefficient (Wildman–Crippen LogP) is 2.79. The van der Waals surface area contributed by atoms with Gasteiger partial charge in [0.05, 0.1) is 6.61 Å². The number of rotatable bonds is 10. The number of alkyl carbamates (subject to hydrolysis) is 2. The molecule has 0 aromatic carbocycles. The lowest BCUT2D eigenvalue weighted by Gasteiger charge is -2.46. The number of ether oxygens (including phenoxy) is 4. The number of nitrogens with one attached hydrogen (secondary N) is 2. The van der Waals surface area contributed by atoms with Crippen LogP contribution in [-0.2, 0) is 23.7 Å². The van der Waals surface area contributed by atoms with Crippen LogP contribution in [0.4, 0.5) is 9.59 Å². The number of esters is 1. The van der Waals surface area contributed by atoms with Crippen LogP contribution in [0.5, 0.6) is 0 Å². The summed E-state index contributed by atoms with van der Waals surface area (Å²) in [5, 5.41) is 5.70. The molecule has 172 valence electrons. The maximum absolute atomic E-state index is 12.1. The summed E-state index contributed by atoms with van der Waals surface area (Å²) >= 11 is 0. The third-order valence-electron chi connectivity index (χ3n) is 4.84. The minimum atomic E-state index is -0.557. The lowest BCUT2D eigenvalue weighted by molar-refractivity contribution is -0.139. The molecule has 2 amide bonds. The first kappa shape index (κ1) is 25.7. The Bertz CT molecular complexity index is 620. The molecule has 1 aliphatic rings. The molecule has 0 bridgehead atoms. The highest BCUT2D eigenvalue weighted by Crippen LogP contribution is 2.45. The van der Waals surface area contributed by atoms with Crippen molar-refractivity contribution in [1.82, 2.24) is 10.6 Å². The van der Waals surface area contributed by atoms with Gasteiger partial charge in [0, 0.05) is 25.3 Å². The van der Waals surface area contributed by atoms with Gasteiger partial charge in [-0.25, -0.2) is 14.4 Å². The van der Waals surface area contributed by atoms with E-state index in [-0.39, 0.29) is 36.7 Å². The van der Waals surface area contributed by atoms with E-state index in [2.05, 4.69) is 38.0 Å². The number of carbonyl (C=O) groups excluding carboxylic acids is 3. The first-order chi connectivity index (χ1) is 14.0. The highest BCUT2D eigenvalue weighted by Gasteiger charge is 2.42. The molecular weight excluding hydrogens is 392 g/mol. The molecule has 1 fully saturated rings. The molecule has 0 aromatic heterocycles. The first-order valence-corrected chi connectivity index (χ1v) is 10.1. The zero-order valence-corrected chi connectivity index (χ0v) is 18.8. The summed E-state index contributed by atoms with van der Waals surface area (Å²) in [6.45, 7) is 12.3. The third-order valence-corrected chi connectivity index (χ3v) is 4.84. The maximum atomic E-state index is 12.1. The van der Waals surface area contributed by atoms with Crippen LogP contribution in [0, 0.1) is 10.8 Å². The van der Waals surface area contributed by atoms with Crippen LogP contribution in [0.2, 0.25) is 0 Å². The minimum absolute atomic E-state index is 0.0242. The van der Waals surface area contributed by atoms with E-state index in [1.807, 2.05) is 0 Å². The SMILES string of the molecule is C=C(C)C(=O)OCCOC(=O)NC1CC(C)(C)CC(C)(CNC(=O)OCCOC)C1.